The number of rotatable bonds is 9. The molecule has 2 N–H and O–H groups in total. The van der Waals surface area contributed by atoms with Crippen LogP contribution < -0.4 is 0 Å². The number of carbonyl (C=O) groups is 1. The lowest BCUT2D eigenvalue weighted by molar-refractivity contribution is 0.0692. The Morgan fingerprint density at radius 3 is 1.95 bits per heavy atom. The van der Waals surface area contributed by atoms with Gasteiger partial charge in [0.05, 0.1) is 0 Å². The highest BCUT2D eigenvalue weighted by molar-refractivity contribution is 5.93. The van der Waals surface area contributed by atoms with Gasteiger partial charge in [-0.25, -0.2) is 4.79 Å². The van der Waals surface area contributed by atoms with E-state index in [0.29, 0.717) is 0 Å². The molecule has 0 heterocycles. The fourth-order valence-electron chi connectivity index (χ4n) is 2.46. The SMILES string of the molecule is CCCCCc1ccc(CCCCC)c(C(=O)O)c1O. The number of aromatic hydroxyl groups is 1. The minimum atomic E-state index is -1.02. The fraction of sp³-hybridized carbons (Fsp3) is 0.588. The summed E-state index contributed by atoms with van der Waals surface area (Å²) in [6, 6.07) is 3.76. The van der Waals surface area contributed by atoms with Gasteiger partial charge in [-0.05, 0) is 36.8 Å². The van der Waals surface area contributed by atoms with Gasteiger partial charge in [-0.3, -0.25) is 0 Å². The Hall–Kier alpha value is -1.51. The maximum Gasteiger partial charge on any atom is 0.339 e. The average Bonchev–Trinajstić information content (AvgIpc) is 2.41. The van der Waals surface area contributed by atoms with E-state index in [4.69, 9.17) is 0 Å². The number of aromatic carboxylic acids is 1. The molecule has 1 aromatic rings. The highest BCUT2D eigenvalue weighted by Gasteiger charge is 2.18. The molecule has 0 aromatic heterocycles. The van der Waals surface area contributed by atoms with Crippen LogP contribution in [0.3, 0.4) is 0 Å². The Bertz CT molecular complexity index is 438. The van der Waals surface area contributed by atoms with Gasteiger partial charge in [0.1, 0.15) is 11.3 Å². The van der Waals surface area contributed by atoms with E-state index in [0.717, 1.165) is 62.5 Å². The van der Waals surface area contributed by atoms with Crippen molar-refractivity contribution in [3.8, 4) is 5.75 Å². The third kappa shape index (κ3) is 4.55. The van der Waals surface area contributed by atoms with Gasteiger partial charge in [0, 0.05) is 0 Å². The molecule has 0 amide bonds. The number of carboxylic acids is 1. The predicted octanol–water partition coefficient (Wildman–Crippen LogP) is 4.56. The molecule has 0 saturated heterocycles. The molecule has 20 heavy (non-hydrogen) atoms. The zero-order valence-corrected chi connectivity index (χ0v) is 12.6. The zero-order valence-electron chi connectivity index (χ0n) is 12.6. The first kappa shape index (κ1) is 16.5. The molecule has 0 unspecified atom stereocenters. The number of carboxylic acid groups (broad SMARTS) is 1. The van der Waals surface area contributed by atoms with Gasteiger partial charge in [0.25, 0.3) is 0 Å². The normalized spacial score (nSPS) is 10.7. The second kappa shape index (κ2) is 8.62. The van der Waals surface area contributed by atoms with E-state index in [1.165, 1.54) is 0 Å². The monoisotopic (exact) mass is 278 g/mol. The van der Waals surface area contributed by atoms with Crippen LogP contribution in [0.25, 0.3) is 0 Å². The van der Waals surface area contributed by atoms with Crippen LogP contribution in [0.4, 0.5) is 0 Å². The Labute approximate surface area is 121 Å². The summed E-state index contributed by atoms with van der Waals surface area (Å²) >= 11 is 0. The molecule has 3 heteroatoms. The molecule has 0 aliphatic rings. The van der Waals surface area contributed by atoms with Crippen molar-refractivity contribution in [1.29, 1.82) is 0 Å². The Morgan fingerprint density at radius 2 is 1.45 bits per heavy atom. The van der Waals surface area contributed by atoms with Gasteiger partial charge in [-0.15, -0.1) is 0 Å². The molecule has 0 aliphatic heterocycles. The van der Waals surface area contributed by atoms with Crippen LogP contribution in [-0.2, 0) is 12.8 Å². The first-order chi connectivity index (χ1) is 9.61. The standard InChI is InChI=1S/C17H26O3/c1-3-5-7-9-13-11-12-14(10-8-6-4-2)16(18)15(13)17(19)20/h11-12,18H,3-10H2,1-2H3,(H,19,20). The quantitative estimate of drug-likeness (QED) is 0.651. The van der Waals surface area contributed by atoms with Gasteiger partial charge >= 0.3 is 5.97 Å². The molecule has 1 rings (SSSR count). The van der Waals surface area contributed by atoms with Crippen molar-refractivity contribution < 1.29 is 15.0 Å². The summed E-state index contributed by atoms with van der Waals surface area (Å²) < 4.78 is 0. The second-order valence-corrected chi connectivity index (χ2v) is 5.33. The smallest absolute Gasteiger partial charge is 0.339 e. The van der Waals surface area contributed by atoms with Gasteiger partial charge in [0.2, 0.25) is 0 Å². The molecule has 0 radical (unpaired) electrons. The van der Waals surface area contributed by atoms with E-state index in [1.807, 2.05) is 12.1 Å². The van der Waals surface area contributed by atoms with E-state index >= 15 is 0 Å². The third-order valence-corrected chi connectivity index (χ3v) is 3.66. The molecular formula is C17H26O3. The first-order valence-corrected chi connectivity index (χ1v) is 7.68. The lowest BCUT2D eigenvalue weighted by Crippen LogP contribution is -2.05. The first-order valence-electron chi connectivity index (χ1n) is 7.68. The number of phenols is 1. The van der Waals surface area contributed by atoms with E-state index < -0.39 is 5.97 Å². The van der Waals surface area contributed by atoms with Crippen molar-refractivity contribution in [2.24, 2.45) is 0 Å². The molecule has 0 fully saturated rings. The Kier molecular flexibility index (Phi) is 7.13. The van der Waals surface area contributed by atoms with E-state index in [9.17, 15) is 15.0 Å². The molecule has 0 aliphatic carbocycles. The van der Waals surface area contributed by atoms with Crippen LogP contribution >= 0.6 is 0 Å². The summed E-state index contributed by atoms with van der Waals surface area (Å²) in [5, 5.41) is 19.6. The summed E-state index contributed by atoms with van der Waals surface area (Å²) in [5.74, 6) is -1.05. The maximum atomic E-state index is 11.4. The minimum Gasteiger partial charge on any atom is -0.507 e. The Balaban J connectivity index is 2.91. The lowest BCUT2D eigenvalue weighted by Gasteiger charge is -2.12. The summed E-state index contributed by atoms with van der Waals surface area (Å²) in [7, 11) is 0. The second-order valence-electron chi connectivity index (χ2n) is 5.33. The molecule has 0 atom stereocenters. The van der Waals surface area contributed by atoms with Gasteiger partial charge in [-0.2, -0.15) is 0 Å². The molecule has 0 spiro atoms. The maximum absolute atomic E-state index is 11.4. The van der Waals surface area contributed by atoms with Crippen molar-refractivity contribution in [1.82, 2.24) is 0 Å². The highest BCUT2D eigenvalue weighted by Crippen LogP contribution is 2.29. The number of benzene rings is 1. The van der Waals surface area contributed by atoms with Crippen LogP contribution in [0.2, 0.25) is 0 Å². The molecule has 3 nitrogen and oxygen atoms in total. The van der Waals surface area contributed by atoms with Crippen LogP contribution in [0.5, 0.6) is 5.75 Å². The molecule has 1 aromatic carbocycles. The number of aryl methyl sites for hydroxylation is 2. The minimum absolute atomic E-state index is 0.0254. The van der Waals surface area contributed by atoms with Crippen LogP contribution in [0.15, 0.2) is 12.1 Å². The van der Waals surface area contributed by atoms with Crippen LogP contribution in [-0.4, -0.2) is 16.2 Å². The molecule has 0 saturated carbocycles. The zero-order chi connectivity index (χ0) is 15.0. The van der Waals surface area contributed by atoms with Crippen molar-refractivity contribution in [3.63, 3.8) is 0 Å². The van der Waals surface area contributed by atoms with Crippen molar-refractivity contribution in [2.75, 3.05) is 0 Å². The third-order valence-electron chi connectivity index (χ3n) is 3.66. The van der Waals surface area contributed by atoms with Gasteiger partial charge in [-0.1, -0.05) is 51.7 Å². The van der Waals surface area contributed by atoms with Crippen LogP contribution in [0.1, 0.15) is 73.9 Å². The Morgan fingerprint density at radius 1 is 0.950 bits per heavy atom. The molecule has 0 bridgehead atoms. The van der Waals surface area contributed by atoms with Crippen molar-refractivity contribution in [3.05, 3.63) is 28.8 Å². The number of unbranched alkanes of at least 4 members (excludes halogenated alkanes) is 4. The summed E-state index contributed by atoms with van der Waals surface area (Å²) in [5.41, 5.74) is 1.62. The summed E-state index contributed by atoms with van der Waals surface area (Å²) in [4.78, 5) is 11.4. The largest absolute Gasteiger partial charge is 0.507 e. The van der Waals surface area contributed by atoms with Crippen LogP contribution in [0, 0.1) is 0 Å². The predicted molar refractivity (Wildman–Crippen MR) is 81.5 cm³/mol. The highest BCUT2D eigenvalue weighted by atomic mass is 16.4. The van der Waals surface area contributed by atoms with E-state index in [1.54, 1.807) is 0 Å². The average molecular weight is 278 g/mol. The van der Waals surface area contributed by atoms with Crippen molar-refractivity contribution in [2.45, 2.75) is 65.2 Å². The number of hydrogen-bond donors (Lipinski definition) is 2. The van der Waals surface area contributed by atoms with Gasteiger partial charge in [0.15, 0.2) is 0 Å². The van der Waals surface area contributed by atoms with E-state index in [-0.39, 0.29) is 11.3 Å². The van der Waals surface area contributed by atoms with Gasteiger partial charge < -0.3 is 10.2 Å². The van der Waals surface area contributed by atoms with E-state index in [2.05, 4.69) is 13.8 Å². The topological polar surface area (TPSA) is 57.5 Å². The number of hydrogen-bond acceptors (Lipinski definition) is 2. The van der Waals surface area contributed by atoms with Crippen molar-refractivity contribution >= 4 is 5.97 Å². The molecular weight excluding hydrogens is 252 g/mol. The molecule has 112 valence electrons. The summed E-state index contributed by atoms with van der Waals surface area (Å²) in [6.07, 6.45) is 7.81. The lowest BCUT2D eigenvalue weighted by atomic mass is 9.95. The fourth-order valence-corrected chi connectivity index (χ4v) is 2.46. The summed E-state index contributed by atoms with van der Waals surface area (Å²) in [6.45, 7) is 4.24.